The van der Waals surface area contributed by atoms with Crippen LogP contribution in [0.4, 0.5) is 4.79 Å². The highest BCUT2D eigenvalue weighted by molar-refractivity contribution is 7.91. The Labute approximate surface area is 134 Å². The maximum absolute atomic E-state index is 11.9. The van der Waals surface area contributed by atoms with Crippen LogP contribution in [-0.2, 0) is 14.6 Å². The minimum atomic E-state index is -2.99. The van der Waals surface area contributed by atoms with E-state index in [1.54, 1.807) is 6.92 Å². The van der Waals surface area contributed by atoms with E-state index < -0.39 is 21.5 Å². The number of nitrogens with one attached hydrogen (secondary N) is 2. The molecule has 0 heterocycles. The van der Waals surface area contributed by atoms with Gasteiger partial charge in [0.15, 0.2) is 9.84 Å². The Bertz CT molecular complexity index is 466. The highest BCUT2D eigenvalue weighted by Crippen LogP contribution is 2.32. The van der Waals surface area contributed by atoms with Crippen molar-refractivity contribution in [1.29, 1.82) is 0 Å². The molecule has 1 aliphatic rings. The molecular formula is C15H30N2O4S. The summed E-state index contributed by atoms with van der Waals surface area (Å²) in [5.74, 6) is 0.726. The Morgan fingerprint density at radius 2 is 1.91 bits per heavy atom. The quantitative estimate of drug-likeness (QED) is 0.706. The molecule has 0 radical (unpaired) electrons. The molecule has 6 nitrogen and oxygen atoms in total. The molecule has 130 valence electrons. The fourth-order valence-corrected chi connectivity index (χ4v) is 3.29. The highest BCUT2D eigenvalue weighted by Gasteiger charge is 2.33. The molecule has 2 unspecified atom stereocenters. The molecule has 0 spiro atoms. The zero-order valence-corrected chi connectivity index (χ0v) is 15.1. The highest BCUT2D eigenvalue weighted by atomic mass is 32.2. The molecule has 0 aromatic carbocycles. The average Bonchev–Trinajstić information content (AvgIpc) is 3.15. The van der Waals surface area contributed by atoms with E-state index in [4.69, 9.17) is 4.74 Å². The lowest BCUT2D eigenvalue weighted by Gasteiger charge is -2.25. The summed E-state index contributed by atoms with van der Waals surface area (Å²) in [6.45, 7) is 9.55. The first-order chi connectivity index (χ1) is 10.0. The van der Waals surface area contributed by atoms with Crippen molar-refractivity contribution in [2.45, 2.75) is 65.1 Å². The van der Waals surface area contributed by atoms with Crippen molar-refractivity contribution in [2.75, 3.05) is 18.1 Å². The first-order valence-corrected chi connectivity index (χ1v) is 9.78. The summed E-state index contributed by atoms with van der Waals surface area (Å²) in [6.07, 6.45) is 1.76. The summed E-state index contributed by atoms with van der Waals surface area (Å²) in [6, 6.07) is -0.145. The van der Waals surface area contributed by atoms with Gasteiger partial charge in [-0.3, -0.25) is 0 Å². The number of amides is 1. The van der Waals surface area contributed by atoms with Gasteiger partial charge in [0.1, 0.15) is 5.60 Å². The number of carbonyl (C=O) groups is 1. The summed E-state index contributed by atoms with van der Waals surface area (Å²) >= 11 is 0. The van der Waals surface area contributed by atoms with Crippen LogP contribution in [0.3, 0.4) is 0 Å². The van der Waals surface area contributed by atoms with Crippen molar-refractivity contribution >= 4 is 15.9 Å². The molecule has 1 amide bonds. The van der Waals surface area contributed by atoms with Gasteiger partial charge < -0.3 is 15.4 Å². The smallest absolute Gasteiger partial charge is 0.407 e. The van der Waals surface area contributed by atoms with Gasteiger partial charge in [0.2, 0.25) is 0 Å². The van der Waals surface area contributed by atoms with Gasteiger partial charge in [-0.05, 0) is 46.5 Å². The largest absolute Gasteiger partial charge is 0.444 e. The lowest BCUT2D eigenvalue weighted by Crippen LogP contribution is -2.48. The van der Waals surface area contributed by atoms with E-state index in [9.17, 15) is 13.2 Å². The van der Waals surface area contributed by atoms with Gasteiger partial charge in [-0.1, -0.05) is 6.92 Å². The van der Waals surface area contributed by atoms with E-state index in [0.717, 1.165) is 12.8 Å². The zero-order valence-electron chi connectivity index (χ0n) is 14.3. The van der Waals surface area contributed by atoms with Crippen molar-refractivity contribution in [3.05, 3.63) is 0 Å². The predicted octanol–water partition coefficient (Wildman–Crippen LogP) is 1.70. The Kier molecular flexibility index (Phi) is 6.67. The van der Waals surface area contributed by atoms with Crippen molar-refractivity contribution in [3.63, 3.8) is 0 Å². The molecule has 1 rings (SSSR count). The molecule has 0 aromatic heterocycles. The second kappa shape index (κ2) is 7.64. The second-order valence-corrected chi connectivity index (χ2v) is 9.50. The molecule has 1 aliphatic carbocycles. The van der Waals surface area contributed by atoms with Crippen LogP contribution in [0.2, 0.25) is 0 Å². The lowest BCUT2D eigenvalue weighted by molar-refractivity contribution is 0.0497. The molecule has 0 aliphatic heterocycles. The second-order valence-electron chi connectivity index (χ2n) is 7.10. The molecular weight excluding hydrogens is 304 g/mol. The van der Waals surface area contributed by atoms with Crippen LogP contribution in [0.25, 0.3) is 0 Å². The van der Waals surface area contributed by atoms with Crippen molar-refractivity contribution in [3.8, 4) is 0 Å². The number of hydrogen-bond donors (Lipinski definition) is 2. The maximum Gasteiger partial charge on any atom is 0.407 e. The molecule has 2 N–H and O–H groups in total. The molecule has 1 fully saturated rings. The van der Waals surface area contributed by atoms with Crippen molar-refractivity contribution < 1.29 is 17.9 Å². The van der Waals surface area contributed by atoms with Crippen LogP contribution in [0.5, 0.6) is 0 Å². The summed E-state index contributed by atoms with van der Waals surface area (Å²) < 4.78 is 28.5. The topological polar surface area (TPSA) is 84.5 Å². The van der Waals surface area contributed by atoms with E-state index in [1.165, 1.54) is 0 Å². The third-order valence-electron chi connectivity index (χ3n) is 3.52. The number of ether oxygens (including phenoxy) is 1. The number of sulfone groups is 1. The third kappa shape index (κ3) is 7.98. The summed E-state index contributed by atoms with van der Waals surface area (Å²) in [7, 11) is -2.99. The van der Waals surface area contributed by atoms with Gasteiger partial charge >= 0.3 is 6.09 Å². The van der Waals surface area contributed by atoms with Gasteiger partial charge in [0.25, 0.3) is 0 Å². The molecule has 0 saturated heterocycles. The molecule has 0 bridgehead atoms. The normalized spacial score (nSPS) is 18.6. The molecule has 22 heavy (non-hydrogen) atoms. The molecule has 7 heteroatoms. The standard InChI is InChI=1S/C15H30N2O4S/c1-6-22(19,20)10-11(2)16-9-13(12-7-8-12)17-14(18)21-15(3,4)5/h11-13,16H,6-10H2,1-5H3,(H,17,18). The van der Waals surface area contributed by atoms with E-state index in [1.807, 2.05) is 27.7 Å². The predicted molar refractivity (Wildman–Crippen MR) is 87.7 cm³/mol. The van der Waals surface area contributed by atoms with Gasteiger partial charge in [0, 0.05) is 24.4 Å². The number of hydrogen-bond acceptors (Lipinski definition) is 5. The van der Waals surface area contributed by atoms with Crippen molar-refractivity contribution in [2.24, 2.45) is 5.92 Å². The fourth-order valence-electron chi connectivity index (χ4n) is 2.18. The third-order valence-corrected chi connectivity index (χ3v) is 5.41. The first-order valence-electron chi connectivity index (χ1n) is 7.95. The van der Waals surface area contributed by atoms with E-state index in [2.05, 4.69) is 10.6 Å². The van der Waals surface area contributed by atoms with Crippen molar-refractivity contribution in [1.82, 2.24) is 10.6 Å². The van der Waals surface area contributed by atoms with Crippen LogP contribution in [0, 0.1) is 5.92 Å². The zero-order chi connectivity index (χ0) is 17.0. The number of alkyl carbamates (subject to hydrolysis) is 1. The van der Waals surface area contributed by atoms with E-state index >= 15 is 0 Å². The van der Waals surface area contributed by atoms with Crippen LogP contribution in [-0.4, -0.2) is 50.2 Å². The summed E-state index contributed by atoms with van der Waals surface area (Å²) in [5, 5.41) is 6.11. The first kappa shape index (κ1) is 19.2. The Morgan fingerprint density at radius 3 is 2.36 bits per heavy atom. The number of carbonyl (C=O) groups excluding carboxylic acids is 1. The minimum absolute atomic E-state index is 0.0124. The summed E-state index contributed by atoms with van der Waals surface area (Å²) in [4.78, 5) is 11.9. The van der Waals surface area contributed by atoms with Gasteiger partial charge in [-0.25, -0.2) is 13.2 Å². The monoisotopic (exact) mass is 334 g/mol. The molecule has 0 aromatic rings. The van der Waals surface area contributed by atoms with Crippen LogP contribution >= 0.6 is 0 Å². The van der Waals surface area contributed by atoms with Gasteiger partial charge in [0.05, 0.1) is 5.75 Å². The van der Waals surface area contributed by atoms with E-state index in [-0.39, 0.29) is 23.6 Å². The average molecular weight is 334 g/mol. The Balaban J connectivity index is 2.43. The number of rotatable bonds is 8. The van der Waals surface area contributed by atoms with Gasteiger partial charge in [-0.15, -0.1) is 0 Å². The SMILES string of the molecule is CCS(=O)(=O)CC(C)NCC(NC(=O)OC(C)(C)C)C1CC1. The molecule has 1 saturated carbocycles. The fraction of sp³-hybridized carbons (Fsp3) is 0.933. The summed E-state index contributed by atoms with van der Waals surface area (Å²) in [5.41, 5.74) is -0.520. The van der Waals surface area contributed by atoms with Gasteiger partial charge in [-0.2, -0.15) is 0 Å². The molecule has 2 atom stereocenters. The lowest BCUT2D eigenvalue weighted by atomic mass is 10.1. The Hall–Kier alpha value is -0.820. The van der Waals surface area contributed by atoms with E-state index in [0.29, 0.717) is 12.5 Å². The Morgan fingerprint density at radius 1 is 1.32 bits per heavy atom. The van der Waals surface area contributed by atoms with Crippen LogP contribution < -0.4 is 10.6 Å². The maximum atomic E-state index is 11.9. The van der Waals surface area contributed by atoms with Crippen LogP contribution in [0.15, 0.2) is 0 Å². The minimum Gasteiger partial charge on any atom is -0.444 e. The van der Waals surface area contributed by atoms with Crippen LogP contribution in [0.1, 0.15) is 47.5 Å².